The minimum Gasteiger partial charge on any atom is -0.491 e. The zero-order chi connectivity index (χ0) is 27.8. The lowest BCUT2D eigenvalue weighted by molar-refractivity contribution is -0.139. The summed E-state index contributed by atoms with van der Waals surface area (Å²) in [7, 11) is 1.53. The second kappa shape index (κ2) is 11.0. The van der Waals surface area contributed by atoms with E-state index in [1.54, 1.807) is 6.07 Å². The Morgan fingerprint density at radius 3 is 2.46 bits per heavy atom. The molecule has 4 unspecified atom stereocenters. The lowest BCUT2D eigenvalue weighted by Gasteiger charge is -2.18. The average Bonchev–Trinajstić information content (AvgIpc) is 3.51. The van der Waals surface area contributed by atoms with Gasteiger partial charge in [0.1, 0.15) is 36.6 Å². The predicted octanol–water partition coefficient (Wildman–Crippen LogP) is 5.61. The van der Waals surface area contributed by atoms with Crippen LogP contribution in [0.15, 0.2) is 42.5 Å². The van der Waals surface area contributed by atoms with Crippen molar-refractivity contribution in [2.24, 2.45) is 11.8 Å². The minimum atomic E-state index is -0.710. The first-order valence-electron chi connectivity index (χ1n) is 13.4. The number of aryl methyl sites for hydroxylation is 3. The molecule has 0 aromatic heterocycles. The van der Waals surface area contributed by atoms with Crippen molar-refractivity contribution >= 4 is 5.97 Å². The van der Waals surface area contributed by atoms with Gasteiger partial charge in [-0.3, -0.25) is 4.79 Å². The maximum atomic E-state index is 14.9. The summed E-state index contributed by atoms with van der Waals surface area (Å²) in [6.45, 7) is 6.24. The third kappa shape index (κ3) is 5.25. The van der Waals surface area contributed by atoms with Crippen LogP contribution < -0.4 is 9.47 Å². The summed E-state index contributed by atoms with van der Waals surface area (Å²) in [6.07, 6.45) is 1.11. The van der Waals surface area contributed by atoms with E-state index in [0.717, 1.165) is 57.5 Å². The molecule has 1 saturated carbocycles. The Labute approximate surface area is 228 Å². The van der Waals surface area contributed by atoms with Crippen molar-refractivity contribution in [2.75, 3.05) is 20.3 Å². The minimum absolute atomic E-state index is 0.0922. The fourth-order valence-electron chi connectivity index (χ4n) is 6.07. The van der Waals surface area contributed by atoms with Crippen molar-refractivity contribution < 1.29 is 33.6 Å². The van der Waals surface area contributed by atoms with Crippen LogP contribution in [0.2, 0.25) is 0 Å². The van der Waals surface area contributed by atoms with Gasteiger partial charge in [0.25, 0.3) is 0 Å². The molecule has 2 aliphatic rings. The highest BCUT2D eigenvalue weighted by Gasteiger charge is 2.59. The number of methoxy groups -OCH3 is 1. The van der Waals surface area contributed by atoms with Crippen LogP contribution in [0.4, 0.5) is 4.39 Å². The number of carboxylic acid groups (broad SMARTS) is 1. The quantitative estimate of drug-likeness (QED) is 0.333. The van der Waals surface area contributed by atoms with E-state index in [1.165, 1.54) is 13.2 Å². The number of fused-ring (bicyclic) bond motifs is 3. The largest absolute Gasteiger partial charge is 0.491 e. The molecule has 1 fully saturated rings. The van der Waals surface area contributed by atoms with Crippen molar-refractivity contribution in [3.05, 3.63) is 81.7 Å². The second-order valence-electron chi connectivity index (χ2n) is 10.6. The Kier molecular flexibility index (Phi) is 7.65. The van der Waals surface area contributed by atoms with Crippen LogP contribution in [0, 0.1) is 31.5 Å². The van der Waals surface area contributed by atoms with Gasteiger partial charge in [-0.1, -0.05) is 19.1 Å². The normalized spacial score (nSPS) is 19.8. The monoisotopic (exact) mass is 534 g/mol. The van der Waals surface area contributed by atoms with Crippen molar-refractivity contribution in [1.29, 1.82) is 0 Å². The first-order chi connectivity index (χ1) is 18.7. The number of carboxylic acids is 1. The number of aliphatic hydroxyl groups excluding tert-OH is 1. The van der Waals surface area contributed by atoms with Crippen LogP contribution in [0.1, 0.15) is 46.2 Å². The molecule has 0 saturated heterocycles. The smallest absolute Gasteiger partial charge is 0.307 e. The first-order valence-corrected chi connectivity index (χ1v) is 13.4. The van der Waals surface area contributed by atoms with E-state index in [0.29, 0.717) is 11.3 Å². The molecule has 0 aliphatic heterocycles. The number of aliphatic hydroxyl groups is 1. The van der Waals surface area contributed by atoms with E-state index >= 15 is 0 Å². The van der Waals surface area contributed by atoms with Gasteiger partial charge in [0.2, 0.25) is 0 Å². The summed E-state index contributed by atoms with van der Waals surface area (Å²) in [4.78, 5) is 11.5. The molecule has 206 valence electrons. The molecule has 3 aromatic carbocycles. The fraction of sp³-hybridized carbons (Fsp3) is 0.406. The summed E-state index contributed by atoms with van der Waals surface area (Å²) in [5.41, 5.74) is 7.65. The second-order valence-corrected chi connectivity index (χ2v) is 10.6. The van der Waals surface area contributed by atoms with Gasteiger partial charge in [-0.15, -0.1) is 0 Å². The highest BCUT2D eigenvalue weighted by atomic mass is 19.1. The van der Waals surface area contributed by atoms with Gasteiger partial charge in [0, 0.05) is 18.6 Å². The number of carbonyl (C=O) groups is 1. The molecule has 39 heavy (non-hydrogen) atoms. The lowest BCUT2D eigenvalue weighted by Crippen LogP contribution is -2.24. The summed E-state index contributed by atoms with van der Waals surface area (Å²) in [6, 6.07) is 13.1. The topological polar surface area (TPSA) is 85.2 Å². The number of aliphatic carboxylic acids is 1. The summed E-state index contributed by atoms with van der Waals surface area (Å²) in [5.74, 6) is 0.426. The molecule has 0 spiro atoms. The Morgan fingerprint density at radius 2 is 1.82 bits per heavy atom. The number of rotatable bonds is 11. The van der Waals surface area contributed by atoms with Crippen LogP contribution in [0.5, 0.6) is 11.5 Å². The average molecular weight is 535 g/mol. The third-order valence-electron chi connectivity index (χ3n) is 8.17. The molecule has 3 aromatic rings. The van der Waals surface area contributed by atoms with Gasteiger partial charge in [-0.2, -0.15) is 0 Å². The zero-order valence-corrected chi connectivity index (χ0v) is 22.8. The van der Waals surface area contributed by atoms with E-state index in [1.807, 2.05) is 45.0 Å². The SMILES string of the molecule is CCc1cc2c(cc1OCc1cc(-c3c(C)cc(OCC(CO)OC)cc3C)ccc1F)CC1C(C(=O)O)C21. The van der Waals surface area contributed by atoms with Crippen LogP contribution in [-0.2, 0) is 29.0 Å². The maximum absolute atomic E-state index is 14.9. The van der Waals surface area contributed by atoms with Crippen molar-refractivity contribution in [1.82, 2.24) is 0 Å². The maximum Gasteiger partial charge on any atom is 0.307 e. The van der Waals surface area contributed by atoms with E-state index in [2.05, 4.69) is 6.07 Å². The van der Waals surface area contributed by atoms with Gasteiger partial charge in [0.15, 0.2) is 0 Å². The molecular formula is C32H35FO6. The van der Waals surface area contributed by atoms with Crippen molar-refractivity contribution in [3.8, 4) is 22.6 Å². The summed E-state index contributed by atoms with van der Waals surface area (Å²) < 4.78 is 32.1. The molecule has 2 aliphatic carbocycles. The predicted molar refractivity (Wildman–Crippen MR) is 146 cm³/mol. The number of halogens is 1. The lowest BCUT2D eigenvalue weighted by atomic mass is 9.94. The molecule has 5 rings (SSSR count). The number of hydrogen-bond donors (Lipinski definition) is 2. The van der Waals surface area contributed by atoms with Crippen LogP contribution in [-0.4, -0.2) is 42.6 Å². The molecule has 0 bridgehead atoms. The van der Waals surface area contributed by atoms with Gasteiger partial charge < -0.3 is 24.4 Å². The van der Waals surface area contributed by atoms with Crippen molar-refractivity contribution in [2.45, 2.75) is 52.2 Å². The molecule has 7 heteroatoms. The number of benzene rings is 3. The van der Waals surface area contributed by atoms with E-state index < -0.39 is 12.1 Å². The molecule has 4 atom stereocenters. The van der Waals surface area contributed by atoms with Crippen LogP contribution >= 0.6 is 0 Å². The molecular weight excluding hydrogens is 499 g/mol. The summed E-state index contributed by atoms with van der Waals surface area (Å²) >= 11 is 0. The standard InChI is InChI=1S/C32H35FO6/c1-5-19-11-25-21(12-26-30(25)31(26)32(35)36)13-28(19)39-15-22-10-20(6-7-27(22)33)29-17(2)8-23(9-18(29)3)38-16-24(14-34)37-4/h6-11,13,24,26,30-31,34H,5,12,14-16H2,1-4H3,(H,35,36). The van der Waals surface area contributed by atoms with Gasteiger partial charge in [-0.25, -0.2) is 4.39 Å². The third-order valence-corrected chi connectivity index (χ3v) is 8.17. The zero-order valence-electron chi connectivity index (χ0n) is 22.8. The highest BCUT2D eigenvalue weighted by molar-refractivity contribution is 5.78. The van der Waals surface area contributed by atoms with Gasteiger partial charge in [0.05, 0.1) is 12.5 Å². The molecule has 0 amide bonds. The van der Waals surface area contributed by atoms with Crippen molar-refractivity contribution in [3.63, 3.8) is 0 Å². The first kappa shape index (κ1) is 27.2. The van der Waals surface area contributed by atoms with E-state index in [9.17, 15) is 19.4 Å². The van der Waals surface area contributed by atoms with E-state index in [4.69, 9.17) is 14.2 Å². The fourth-order valence-corrected chi connectivity index (χ4v) is 6.07. The molecule has 0 heterocycles. The Morgan fingerprint density at radius 1 is 1.08 bits per heavy atom. The highest BCUT2D eigenvalue weighted by Crippen LogP contribution is 2.62. The molecule has 6 nitrogen and oxygen atoms in total. The Bertz CT molecular complexity index is 1370. The van der Waals surface area contributed by atoms with Crippen LogP contribution in [0.25, 0.3) is 11.1 Å². The Hall–Kier alpha value is -3.42. The number of ether oxygens (including phenoxy) is 3. The van der Waals surface area contributed by atoms with Crippen LogP contribution in [0.3, 0.4) is 0 Å². The van der Waals surface area contributed by atoms with E-state index in [-0.39, 0.29) is 43.4 Å². The molecule has 0 radical (unpaired) electrons. The van der Waals surface area contributed by atoms with Gasteiger partial charge in [-0.05, 0) is 102 Å². The summed E-state index contributed by atoms with van der Waals surface area (Å²) in [5, 5.41) is 18.8. The number of hydrogen-bond acceptors (Lipinski definition) is 5. The van der Waals surface area contributed by atoms with Gasteiger partial charge >= 0.3 is 5.97 Å². The Balaban J connectivity index is 1.34. The molecule has 2 N–H and O–H groups in total.